The highest BCUT2D eigenvalue weighted by Gasteiger charge is 2.32. The van der Waals surface area contributed by atoms with Gasteiger partial charge in [0.2, 0.25) is 11.9 Å². The van der Waals surface area contributed by atoms with Crippen LogP contribution in [0.3, 0.4) is 0 Å². The summed E-state index contributed by atoms with van der Waals surface area (Å²) >= 11 is 0. The molecule has 1 aromatic carbocycles. The first kappa shape index (κ1) is 14.8. The fourth-order valence-electron chi connectivity index (χ4n) is 1.61. The number of halogens is 3. The van der Waals surface area contributed by atoms with Gasteiger partial charge in [0.1, 0.15) is 5.69 Å². The lowest BCUT2D eigenvalue weighted by Crippen LogP contribution is -2.13. The first-order chi connectivity index (χ1) is 9.84. The summed E-state index contributed by atoms with van der Waals surface area (Å²) in [5.74, 6) is -0.621. The van der Waals surface area contributed by atoms with Gasteiger partial charge in [-0.3, -0.25) is 4.79 Å². The second-order valence-electron chi connectivity index (χ2n) is 4.23. The van der Waals surface area contributed by atoms with Gasteiger partial charge in [0.05, 0.1) is 6.42 Å². The van der Waals surface area contributed by atoms with Crippen molar-refractivity contribution in [2.45, 2.75) is 12.6 Å². The molecule has 0 saturated heterocycles. The van der Waals surface area contributed by atoms with E-state index >= 15 is 0 Å². The molecule has 0 unspecified atom stereocenters. The van der Waals surface area contributed by atoms with E-state index in [4.69, 9.17) is 5.73 Å². The number of anilines is 2. The number of hydrogen-bond donors (Lipinski definition) is 2. The molecule has 1 amide bonds. The molecule has 2 aromatic rings. The number of nitrogens with zero attached hydrogens (tertiary/aromatic N) is 2. The summed E-state index contributed by atoms with van der Waals surface area (Å²) in [6.07, 6.45) is -3.40. The van der Waals surface area contributed by atoms with Crippen LogP contribution in [-0.2, 0) is 17.4 Å². The van der Waals surface area contributed by atoms with Crippen molar-refractivity contribution in [1.29, 1.82) is 0 Å². The molecular weight excluding hydrogens is 285 g/mol. The average molecular weight is 296 g/mol. The highest BCUT2D eigenvalue weighted by Crippen LogP contribution is 2.28. The maximum Gasteiger partial charge on any atom is 0.433 e. The van der Waals surface area contributed by atoms with Crippen LogP contribution in [0.1, 0.15) is 11.3 Å². The predicted molar refractivity (Wildman–Crippen MR) is 69.7 cm³/mol. The summed E-state index contributed by atoms with van der Waals surface area (Å²) in [6.45, 7) is 0. The van der Waals surface area contributed by atoms with Gasteiger partial charge >= 0.3 is 6.18 Å². The number of benzene rings is 1. The maximum atomic E-state index is 12.5. The lowest BCUT2D eigenvalue weighted by atomic mass is 10.1. The third-order valence-electron chi connectivity index (χ3n) is 2.53. The van der Waals surface area contributed by atoms with Gasteiger partial charge in [-0.2, -0.15) is 13.2 Å². The Morgan fingerprint density at radius 3 is 2.43 bits per heavy atom. The Balaban J connectivity index is 2.13. The number of carbonyl (C=O) groups is 1. The smallest absolute Gasteiger partial charge is 0.369 e. The zero-order chi connectivity index (χ0) is 15.5. The number of aromatic nitrogens is 2. The van der Waals surface area contributed by atoms with Crippen molar-refractivity contribution in [3.63, 3.8) is 0 Å². The molecule has 0 fully saturated rings. The van der Waals surface area contributed by atoms with E-state index < -0.39 is 17.8 Å². The van der Waals surface area contributed by atoms with Gasteiger partial charge in [0.25, 0.3) is 0 Å². The molecule has 0 aliphatic carbocycles. The number of rotatable bonds is 4. The summed E-state index contributed by atoms with van der Waals surface area (Å²) in [7, 11) is 0. The number of hydrogen-bond acceptors (Lipinski definition) is 4. The average Bonchev–Trinajstić information content (AvgIpc) is 2.40. The first-order valence-electron chi connectivity index (χ1n) is 5.89. The highest BCUT2D eigenvalue weighted by atomic mass is 19.4. The lowest BCUT2D eigenvalue weighted by Gasteiger charge is -2.09. The van der Waals surface area contributed by atoms with Crippen LogP contribution < -0.4 is 11.1 Å². The molecular formula is C13H11F3N4O. The van der Waals surface area contributed by atoms with E-state index in [0.717, 1.165) is 12.3 Å². The lowest BCUT2D eigenvalue weighted by molar-refractivity contribution is -0.141. The van der Waals surface area contributed by atoms with Crippen LogP contribution in [0.15, 0.2) is 36.5 Å². The monoisotopic (exact) mass is 296 g/mol. The van der Waals surface area contributed by atoms with Gasteiger partial charge in [0.15, 0.2) is 0 Å². The molecule has 8 heteroatoms. The standard InChI is InChI=1S/C13H11F3N4O/c14-13(15,16)10-5-6-18-12(20-10)19-9-3-1-8(2-4-9)7-11(17)21/h1-6H,7H2,(H2,17,21)(H,18,19,20). The van der Waals surface area contributed by atoms with E-state index in [2.05, 4.69) is 15.3 Å². The molecule has 1 aromatic heterocycles. The molecule has 2 rings (SSSR count). The third-order valence-corrected chi connectivity index (χ3v) is 2.53. The van der Waals surface area contributed by atoms with Gasteiger partial charge in [-0.25, -0.2) is 9.97 Å². The van der Waals surface area contributed by atoms with Crippen molar-refractivity contribution in [2.75, 3.05) is 5.32 Å². The Kier molecular flexibility index (Phi) is 4.06. The molecule has 0 radical (unpaired) electrons. The fraction of sp³-hybridized carbons (Fsp3) is 0.154. The predicted octanol–water partition coefficient (Wildman–Crippen LogP) is 2.27. The third kappa shape index (κ3) is 4.16. The minimum absolute atomic E-state index is 0.0976. The second kappa shape index (κ2) is 5.78. The van der Waals surface area contributed by atoms with E-state index in [1.807, 2.05) is 0 Å². The molecule has 0 spiro atoms. The molecule has 21 heavy (non-hydrogen) atoms. The SMILES string of the molecule is NC(=O)Cc1ccc(Nc2nccc(C(F)(F)F)n2)cc1. The number of nitrogens with one attached hydrogen (secondary N) is 1. The van der Waals surface area contributed by atoms with E-state index in [0.29, 0.717) is 11.3 Å². The van der Waals surface area contributed by atoms with Crippen LogP contribution >= 0.6 is 0 Å². The number of primary amides is 1. The van der Waals surface area contributed by atoms with Crippen molar-refractivity contribution < 1.29 is 18.0 Å². The normalized spacial score (nSPS) is 11.2. The number of amides is 1. The summed E-state index contributed by atoms with van der Waals surface area (Å²) in [6, 6.07) is 7.27. The van der Waals surface area contributed by atoms with Crippen LogP contribution in [-0.4, -0.2) is 15.9 Å². The van der Waals surface area contributed by atoms with E-state index in [1.165, 1.54) is 0 Å². The largest absolute Gasteiger partial charge is 0.433 e. The van der Waals surface area contributed by atoms with Gasteiger partial charge in [-0.1, -0.05) is 12.1 Å². The molecule has 110 valence electrons. The molecule has 0 atom stereocenters. The van der Waals surface area contributed by atoms with Gasteiger partial charge < -0.3 is 11.1 Å². The zero-order valence-corrected chi connectivity index (χ0v) is 10.7. The Labute approximate surface area is 118 Å². The Morgan fingerprint density at radius 2 is 1.86 bits per heavy atom. The van der Waals surface area contributed by atoms with E-state index in [1.54, 1.807) is 24.3 Å². The number of carbonyl (C=O) groups excluding carboxylic acids is 1. The van der Waals surface area contributed by atoms with Crippen LogP contribution in [0.2, 0.25) is 0 Å². The Morgan fingerprint density at radius 1 is 1.19 bits per heavy atom. The first-order valence-corrected chi connectivity index (χ1v) is 5.89. The van der Waals surface area contributed by atoms with Crippen LogP contribution in [0.25, 0.3) is 0 Å². The van der Waals surface area contributed by atoms with Crippen LogP contribution in [0.4, 0.5) is 24.8 Å². The topological polar surface area (TPSA) is 80.9 Å². The molecule has 0 aliphatic rings. The summed E-state index contributed by atoms with van der Waals surface area (Å²) in [5.41, 5.74) is 5.25. The maximum absolute atomic E-state index is 12.5. The quantitative estimate of drug-likeness (QED) is 0.907. The number of alkyl halides is 3. The molecule has 3 N–H and O–H groups in total. The zero-order valence-electron chi connectivity index (χ0n) is 10.7. The molecule has 0 aliphatic heterocycles. The van der Waals surface area contributed by atoms with Gasteiger partial charge in [0, 0.05) is 11.9 Å². The van der Waals surface area contributed by atoms with Crippen molar-refractivity contribution in [2.24, 2.45) is 5.73 Å². The van der Waals surface area contributed by atoms with Crippen molar-refractivity contribution in [3.05, 3.63) is 47.8 Å². The molecule has 0 saturated carbocycles. The minimum Gasteiger partial charge on any atom is -0.369 e. The Hall–Kier alpha value is -2.64. The second-order valence-corrected chi connectivity index (χ2v) is 4.23. The van der Waals surface area contributed by atoms with E-state index in [9.17, 15) is 18.0 Å². The fourth-order valence-corrected chi connectivity index (χ4v) is 1.61. The minimum atomic E-state index is -4.52. The Bertz CT molecular complexity index is 641. The van der Waals surface area contributed by atoms with Crippen molar-refractivity contribution >= 4 is 17.5 Å². The van der Waals surface area contributed by atoms with Crippen molar-refractivity contribution in [3.8, 4) is 0 Å². The van der Waals surface area contributed by atoms with Gasteiger partial charge in [-0.15, -0.1) is 0 Å². The van der Waals surface area contributed by atoms with Gasteiger partial charge in [-0.05, 0) is 23.8 Å². The summed E-state index contributed by atoms with van der Waals surface area (Å²) in [4.78, 5) is 17.9. The molecule has 1 heterocycles. The van der Waals surface area contributed by atoms with E-state index in [-0.39, 0.29) is 12.4 Å². The van der Waals surface area contributed by atoms with Crippen LogP contribution in [0, 0.1) is 0 Å². The highest BCUT2D eigenvalue weighted by molar-refractivity contribution is 5.76. The number of nitrogens with two attached hydrogens (primary N) is 1. The molecule has 5 nitrogen and oxygen atoms in total. The van der Waals surface area contributed by atoms with Crippen molar-refractivity contribution in [1.82, 2.24) is 9.97 Å². The van der Waals surface area contributed by atoms with Crippen LogP contribution in [0.5, 0.6) is 0 Å². The summed E-state index contributed by atoms with van der Waals surface area (Å²) in [5, 5.41) is 2.66. The summed E-state index contributed by atoms with van der Waals surface area (Å²) < 4.78 is 37.6. The molecule has 0 bridgehead atoms.